The van der Waals surface area contributed by atoms with Crippen molar-refractivity contribution in [3.8, 4) is 0 Å². The van der Waals surface area contributed by atoms with Crippen LogP contribution in [0.4, 0.5) is 8.78 Å². The molecule has 0 spiro atoms. The first kappa shape index (κ1) is 9.42. The fraction of sp³-hybridized carbons (Fsp3) is 0.875. The Morgan fingerprint density at radius 1 is 1.25 bits per heavy atom. The van der Waals surface area contributed by atoms with Gasteiger partial charge in [0.1, 0.15) is 0 Å². The zero-order valence-electron chi connectivity index (χ0n) is 7.15. The number of amides is 1. The Bertz CT molecular complexity index is 170. The Morgan fingerprint density at radius 3 is 2.17 bits per heavy atom. The smallest absolute Gasteiger partial charge is 0.322 e. The monoisotopic (exact) mass is 177 g/mol. The molecule has 0 N–H and O–H groups in total. The first-order valence-electron chi connectivity index (χ1n) is 4.19. The van der Waals surface area contributed by atoms with Crippen molar-refractivity contribution in [2.75, 3.05) is 13.1 Å². The zero-order chi connectivity index (χ0) is 9.19. The lowest BCUT2D eigenvalue weighted by molar-refractivity contribution is -0.155. The predicted octanol–water partition coefficient (Wildman–Crippen LogP) is 1.65. The van der Waals surface area contributed by atoms with E-state index in [2.05, 4.69) is 0 Å². The molecule has 0 radical (unpaired) electrons. The molecule has 0 atom stereocenters. The predicted molar refractivity (Wildman–Crippen MR) is 41.1 cm³/mol. The minimum atomic E-state index is -3.20. The molecular weight excluding hydrogens is 164 g/mol. The molecule has 1 saturated heterocycles. The van der Waals surface area contributed by atoms with Crippen LogP contribution in [0.5, 0.6) is 0 Å². The topological polar surface area (TPSA) is 20.3 Å². The molecule has 0 saturated carbocycles. The van der Waals surface area contributed by atoms with Gasteiger partial charge in [0.15, 0.2) is 0 Å². The third-order valence-corrected chi connectivity index (χ3v) is 2.02. The molecule has 1 amide bonds. The van der Waals surface area contributed by atoms with Gasteiger partial charge in [0, 0.05) is 20.0 Å². The number of halogens is 2. The van der Waals surface area contributed by atoms with Crippen LogP contribution in [-0.4, -0.2) is 29.8 Å². The number of nitrogens with zero attached hydrogens (tertiary/aromatic N) is 1. The van der Waals surface area contributed by atoms with Crippen LogP contribution in [0.1, 0.15) is 26.2 Å². The van der Waals surface area contributed by atoms with Crippen molar-refractivity contribution in [1.82, 2.24) is 4.90 Å². The van der Waals surface area contributed by atoms with E-state index >= 15 is 0 Å². The van der Waals surface area contributed by atoms with E-state index in [0.717, 1.165) is 19.3 Å². The Hall–Kier alpha value is -0.670. The van der Waals surface area contributed by atoms with Crippen molar-refractivity contribution in [3.63, 3.8) is 0 Å². The molecule has 0 aromatic carbocycles. The number of piperidine rings is 1. The van der Waals surface area contributed by atoms with Gasteiger partial charge >= 0.3 is 5.92 Å². The largest absolute Gasteiger partial charge is 0.337 e. The van der Waals surface area contributed by atoms with Crippen LogP contribution in [0.2, 0.25) is 0 Å². The Labute approximate surface area is 70.5 Å². The molecule has 0 aromatic rings. The molecule has 0 aromatic heterocycles. The van der Waals surface area contributed by atoms with Crippen molar-refractivity contribution in [2.24, 2.45) is 0 Å². The lowest BCUT2D eigenvalue weighted by Gasteiger charge is -2.28. The second kappa shape index (κ2) is 3.37. The number of rotatable bonds is 1. The number of alkyl halides is 2. The maximum atomic E-state index is 12.5. The highest BCUT2D eigenvalue weighted by atomic mass is 19.3. The first-order valence-corrected chi connectivity index (χ1v) is 4.19. The summed E-state index contributed by atoms with van der Waals surface area (Å²) in [6.07, 6.45) is 2.74. The van der Waals surface area contributed by atoms with Crippen LogP contribution in [0.15, 0.2) is 0 Å². The van der Waals surface area contributed by atoms with Crippen LogP contribution in [0, 0.1) is 0 Å². The highest BCUT2D eigenvalue weighted by molar-refractivity contribution is 5.83. The van der Waals surface area contributed by atoms with Crippen LogP contribution in [0.25, 0.3) is 0 Å². The van der Waals surface area contributed by atoms with Crippen LogP contribution in [-0.2, 0) is 4.79 Å². The van der Waals surface area contributed by atoms with Crippen molar-refractivity contribution in [2.45, 2.75) is 32.1 Å². The molecule has 1 rings (SSSR count). The van der Waals surface area contributed by atoms with Gasteiger partial charge < -0.3 is 4.90 Å². The minimum absolute atomic E-state index is 0.488. The zero-order valence-corrected chi connectivity index (χ0v) is 7.15. The maximum Gasteiger partial charge on any atom is 0.322 e. The van der Waals surface area contributed by atoms with E-state index < -0.39 is 11.8 Å². The quantitative estimate of drug-likeness (QED) is 0.596. The standard InChI is InChI=1S/C8H13F2NO/c1-8(9,10)7(12)11-5-3-2-4-6-11/h2-6H2,1H3. The summed E-state index contributed by atoms with van der Waals surface area (Å²) in [5, 5.41) is 0. The van der Waals surface area contributed by atoms with Gasteiger partial charge in [-0.25, -0.2) is 0 Å². The Kier molecular flexibility index (Phi) is 2.65. The third-order valence-electron chi connectivity index (χ3n) is 2.02. The van der Waals surface area contributed by atoms with E-state index in [1.807, 2.05) is 0 Å². The summed E-state index contributed by atoms with van der Waals surface area (Å²) >= 11 is 0. The molecule has 0 unspecified atom stereocenters. The molecule has 1 heterocycles. The molecule has 1 fully saturated rings. The highest BCUT2D eigenvalue weighted by Crippen LogP contribution is 2.19. The number of hydrogen-bond donors (Lipinski definition) is 0. The van der Waals surface area contributed by atoms with Crippen molar-refractivity contribution < 1.29 is 13.6 Å². The Morgan fingerprint density at radius 2 is 1.75 bits per heavy atom. The van der Waals surface area contributed by atoms with Crippen LogP contribution >= 0.6 is 0 Å². The molecule has 2 nitrogen and oxygen atoms in total. The lowest BCUT2D eigenvalue weighted by Crippen LogP contribution is -2.44. The van der Waals surface area contributed by atoms with Gasteiger partial charge in [0.05, 0.1) is 0 Å². The normalized spacial score (nSPS) is 19.4. The molecule has 0 aliphatic carbocycles. The van der Waals surface area contributed by atoms with Gasteiger partial charge in [0.25, 0.3) is 5.91 Å². The van der Waals surface area contributed by atoms with E-state index in [0.29, 0.717) is 20.0 Å². The fourth-order valence-electron chi connectivity index (χ4n) is 1.37. The van der Waals surface area contributed by atoms with Gasteiger partial charge in [-0.1, -0.05) is 0 Å². The van der Waals surface area contributed by atoms with Gasteiger partial charge in [0.2, 0.25) is 0 Å². The van der Waals surface area contributed by atoms with Crippen molar-refractivity contribution >= 4 is 5.91 Å². The molecular formula is C8H13F2NO. The highest BCUT2D eigenvalue weighted by Gasteiger charge is 2.36. The molecule has 12 heavy (non-hydrogen) atoms. The average molecular weight is 177 g/mol. The van der Waals surface area contributed by atoms with Gasteiger partial charge in [-0.3, -0.25) is 4.79 Å². The molecule has 70 valence electrons. The summed E-state index contributed by atoms with van der Waals surface area (Å²) in [6.45, 7) is 1.63. The summed E-state index contributed by atoms with van der Waals surface area (Å²) in [6, 6.07) is 0. The average Bonchev–Trinajstić information content (AvgIpc) is 2.03. The Balaban J connectivity index is 2.51. The second-order valence-electron chi connectivity index (χ2n) is 3.24. The van der Waals surface area contributed by atoms with Gasteiger partial charge in [-0.15, -0.1) is 0 Å². The minimum Gasteiger partial charge on any atom is -0.337 e. The van der Waals surface area contributed by atoms with E-state index in [1.54, 1.807) is 0 Å². The summed E-state index contributed by atoms with van der Waals surface area (Å²) in [5.74, 6) is -4.22. The van der Waals surface area contributed by atoms with Crippen LogP contribution in [0.3, 0.4) is 0 Å². The SMILES string of the molecule is CC(F)(F)C(=O)N1CCCCC1. The van der Waals surface area contributed by atoms with Gasteiger partial charge in [-0.05, 0) is 19.3 Å². The molecule has 1 aliphatic rings. The van der Waals surface area contributed by atoms with E-state index in [1.165, 1.54) is 4.90 Å². The number of likely N-dealkylation sites (tertiary alicyclic amines) is 1. The summed E-state index contributed by atoms with van der Waals surface area (Å²) < 4.78 is 25.0. The lowest BCUT2D eigenvalue weighted by atomic mass is 10.1. The van der Waals surface area contributed by atoms with E-state index in [9.17, 15) is 13.6 Å². The van der Waals surface area contributed by atoms with E-state index in [4.69, 9.17) is 0 Å². The number of carbonyl (C=O) groups is 1. The second-order valence-corrected chi connectivity index (χ2v) is 3.24. The molecule has 4 heteroatoms. The van der Waals surface area contributed by atoms with Crippen LogP contribution < -0.4 is 0 Å². The fourth-order valence-corrected chi connectivity index (χ4v) is 1.37. The number of hydrogen-bond acceptors (Lipinski definition) is 1. The van der Waals surface area contributed by atoms with Crippen molar-refractivity contribution in [1.29, 1.82) is 0 Å². The summed E-state index contributed by atoms with van der Waals surface area (Å²) in [7, 11) is 0. The van der Waals surface area contributed by atoms with Crippen molar-refractivity contribution in [3.05, 3.63) is 0 Å². The number of carbonyl (C=O) groups excluding carboxylic acids is 1. The van der Waals surface area contributed by atoms with E-state index in [-0.39, 0.29) is 0 Å². The maximum absolute atomic E-state index is 12.5. The third kappa shape index (κ3) is 2.16. The molecule has 0 bridgehead atoms. The molecule has 1 aliphatic heterocycles. The van der Waals surface area contributed by atoms with Gasteiger partial charge in [-0.2, -0.15) is 8.78 Å². The summed E-state index contributed by atoms with van der Waals surface area (Å²) in [5.41, 5.74) is 0. The first-order chi connectivity index (χ1) is 5.52. The summed E-state index contributed by atoms with van der Waals surface area (Å²) in [4.78, 5) is 12.2.